The number of imide groups is 1. The third-order valence-corrected chi connectivity index (χ3v) is 10.6. The minimum Gasteiger partial charge on any atom is -0.495 e. The molecule has 0 spiro atoms. The van der Waals surface area contributed by atoms with Gasteiger partial charge in [0.05, 0.1) is 40.7 Å². The number of rotatable bonds is 8. The summed E-state index contributed by atoms with van der Waals surface area (Å²) in [5.41, 5.74) is 5.76. The molecule has 61 heavy (non-hydrogen) atoms. The maximum Gasteiger partial charge on any atom is 0.266 e. The number of anilines is 4. The summed E-state index contributed by atoms with van der Waals surface area (Å²) in [5, 5.41) is 10.2. The van der Waals surface area contributed by atoms with E-state index in [-0.39, 0.29) is 73.4 Å². The molecule has 9 rings (SSSR count). The van der Waals surface area contributed by atoms with E-state index in [1.807, 2.05) is 0 Å². The van der Waals surface area contributed by atoms with Crippen molar-refractivity contribution in [1.29, 1.82) is 0 Å². The molecule has 1 aliphatic heterocycles. The highest BCUT2D eigenvalue weighted by molar-refractivity contribution is 6.59. The molecule has 296 valence electrons. The summed E-state index contributed by atoms with van der Waals surface area (Å²) < 4.78 is 5.34. The summed E-state index contributed by atoms with van der Waals surface area (Å²) in [6, 6.07) is 33.1. The van der Waals surface area contributed by atoms with E-state index >= 15 is 0 Å². The normalized spacial score (nSPS) is 14.5. The molecule has 0 radical (unpaired) electrons. The van der Waals surface area contributed by atoms with Gasteiger partial charge in [-0.1, -0.05) is 72.3 Å². The highest BCUT2D eigenvalue weighted by atomic mass is 35.5. The topological polar surface area (TPSA) is 180 Å². The van der Waals surface area contributed by atoms with E-state index < -0.39 is 29.4 Å². The summed E-state index contributed by atoms with van der Waals surface area (Å²) in [6.07, 6.45) is 1.46. The van der Waals surface area contributed by atoms with Gasteiger partial charge in [-0.15, -0.1) is 0 Å². The Kier molecular flexibility index (Phi) is 9.49. The Bertz CT molecular complexity index is 3050. The fourth-order valence-corrected chi connectivity index (χ4v) is 7.59. The number of carbonyl (C=O) groups excluding carboxylic acids is 7. The van der Waals surface area contributed by atoms with E-state index in [9.17, 15) is 33.6 Å². The molecular formula is C47H28ClN5O8. The van der Waals surface area contributed by atoms with Crippen LogP contribution < -0.4 is 25.7 Å². The lowest BCUT2D eigenvalue weighted by Crippen LogP contribution is -2.30. The van der Waals surface area contributed by atoms with Crippen LogP contribution in [0.5, 0.6) is 5.75 Å². The molecule has 14 heteroatoms. The van der Waals surface area contributed by atoms with E-state index in [1.165, 1.54) is 61.7 Å². The number of amides is 4. The Morgan fingerprint density at radius 1 is 0.607 bits per heavy atom. The molecule has 0 bridgehead atoms. The summed E-state index contributed by atoms with van der Waals surface area (Å²) in [7, 11) is 1.40. The number of benzene rings is 6. The second-order valence-corrected chi connectivity index (χ2v) is 14.4. The molecule has 2 aliphatic carbocycles. The molecule has 0 atom stereocenters. The number of hydrogen-bond acceptors (Lipinski definition) is 10. The average molecular weight is 826 g/mol. The van der Waals surface area contributed by atoms with E-state index in [4.69, 9.17) is 16.3 Å². The van der Waals surface area contributed by atoms with Crippen molar-refractivity contribution in [3.63, 3.8) is 0 Å². The summed E-state index contributed by atoms with van der Waals surface area (Å²) in [6.45, 7) is 0. The predicted molar refractivity (Wildman–Crippen MR) is 228 cm³/mol. The van der Waals surface area contributed by atoms with Gasteiger partial charge >= 0.3 is 0 Å². The number of carbonyl (C=O) groups is 7. The quantitative estimate of drug-likeness (QED) is 0.0790. The maximum absolute atomic E-state index is 13.9. The number of nitrogens with one attached hydrogen (secondary N) is 3. The Labute approximate surface area is 351 Å². The van der Waals surface area contributed by atoms with Gasteiger partial charge in [-0.2, -0.15) is 5.10 Å². The molecule has 6 aromatic carbocycles. The van der Waals surface area contributed by atoms with Gasteiger partial charge in [0.1, 0.15) is 11.5 Å². The molecule has 3 aliphatic rings. The summed E-state index contributed by atoms with van der Waals surface area (Å²) in [4.78, 5) is 95.4. The first kappa shape index (κ1) is 38.2. The van der Waals surface area contributed by atoms with Crippen LogP contribution in [0.2, 0.25) is 5.02 Å². The average Bonchev–Trinajstić information content (AvgIpc) is 3.53. The predicted octanol–water partition coefficient (Wildman–Crippen LogP) is 7.60. The van der Waals surface area contributed by atoms with Gasteiger partial charge in [0, 0.05) is 44.2 Å². The summed E-state index contributed by atoms with van der Waals surface area (Å²) >= 11 is 6.15. The van der Waals surface area contributed by atoms with E-state index in [1.54, 1.807) is 78.9 Å². The Hall–Kier alpha value is -8.29. The monoisotopic (exact) mass is 825 g/mol. The largest absolute Gasteiger partial charge is 0.495 e. The van der Waals surface area contributed by atoms with Gasteiger partial charge < -0.3 is 15.4 Å². The van der Waals surface area contributed by atoms with Crippen molar-refractivity contribution in [3.05, 3.63) is 188 Å². The van der Waals surface area contributed by atoms with Crippen LogP contribution in [0, 0.1) is 0 Å². The van der Waals surface area contributed by atoms with Gasteiger partial charge in [0.2, 0.25) is 5.78 Å². The highest BCUT2D eigenvalue weighted by Gasteiger charge is 2.39. The van der Waals surface area contributed by atoms with Crippen LogP contribution in [-0.4, -0.2) is 53.8 Å². The second-order valence-electron chi connectivity index (χ2n) is 14.0. The van der Waals surface area contributed by atoms with E-state index in [2.05, 4.69) is 21.2 Å². The number of ether oxygens (including phenoxy) is 1. The Morgan fingerprint density at radius 2 is 1.25 bits per heavy atom. The molecule has 0 aromatic heterocycles. The lowest BCUT2D eigenvalue weighted by atomic mass is 9.83. The number of nitrogens with zero attached hydrogens (tertiary/aromatic N) is 2. The van der Waals surface area contributed by atoms with Crippen molar-refractivity contribution in [1.82, 2.24) is 0 Å². The molecule has 0 saturated carbocycles. The standard InChI is InChI=1S/C47H28ClN5O8/c1-61-38-20-14-26(48)23-37(38)53-46(59)32-19-13-25(22-34(32)47(53)60)44(57)49-27-15-17-28(18-16-27)50-45(58)35-21-24-7-2-3-8-29(24)40(43(35)56)52-51-36-12-6-11-33-39(36)42(55)31-10-5-4-9-30(31)41(33)54/h2-23,51H,1H3,(H,49,57)(H,50,58). The molecule has 13 nitrogen and oxygen atoms in total. The second kappa shape index (κ2) is 15.1. The molecule has 6 aromatic rings. The number of fused-ring (bicyclic) bond motifs is 4. The Balaban J connectivity index is 0.900. The number of hydrazone groups is 1. The molecule has 0 fully saturated rings. The van der Waals surface area contributed by atoms with Crippen LogP contribution in [0.4, 0.5) is 22.7 Å². The third-order valence-electron chi connectivity index (χ3n) is 10.4. The van der Waals surface area contributed by atoms with Crippen LogP contribution >= 0.6 is 11.6 Å². The lowest BCUT2D eigenvalue weighted by Gasteiger charge is -2.20. The van der Waals surface area contributed by atoms with Crippen LogP contribution in [-0.2, 0) is 9.59 Å². The first-order chi connectivity index (χ1) is 29.5. The number of hydrogen-bond donors (Lipinski definition) is 3. The third kappa shape index (κ3) is 6.64. The van der Waals surface area contributed by atoms with Gasteiger partial charge in [0.15, 0.2) is 11.6 Å². The fourth-order valence-electron chi connectivity index (χ4n) is 7.42. The minimum atomic E-state index is -0.722. The number of Topliss-reactive ketones (excluding diaryl/α,β-unsaturated/α-hetero) is 1. The zero-order chi connectivity index (χ0) is 42.5. The van der Waals surface area contributed by atoms with Gasteiger partial charge in [-0.3, -0.25) is 39.0 Å². The zero-order valence-electron chi connectivity index (χ0n) is 31.7. The van der Waals surface area contributed by atoms with Crippen molar-refractivity contribution in [3.8, 4) is 5.75 Å². The van der Waals surface area contributed by atoms with Crippen molar-refractivity contribution < 1.29 is 38.3 Å². The van der Waals surface area contributed by atoms with E-state index in [0.29, 0.717) is 33.1 Å². The van der Waals surface area contributed by atoms with Crippen molar-refractivity contribution in [2.24, 2.45) is 5.10 Å². The molecule has 3 N–H and O–H groups in total. The van der Waals surface area contributed by atoms with Crippen molar-refractivity contribution in [2.45, 2.75) is 0 Å². The van der Waals surface area contributed by atoms with Crippen LogP contribution in [0.1, 0.15) is 74.0 Å². The first-order valence-corrected chi connectivity index (χ1v) is 19.0. The molecule has 0 unspecified atom stereocenters. The maximum atomic E-state index is 13.9. The highest BCUT2D eigenvalue weighted by Crippen LogP contribution is 2.37. The molecule has 0 saturated heterocycles. The SMILES string of the molecule is COc1ccc(Cl)cc1N1C(=O)c2ccc(C(=O)Nc3ccc(NC(=O)C4=Cc5ccccc5C(=NNc5cccc6c5C(=O)c5ccccc5C6=O)C4=O)cc3)cc2C1=O. The summed E-state index contributed by atoms with van der Waals surface area (Å²) in [5.74, 6) is -3.61. The number of methoxy groups -OCH3 is 1. The van der Waals surface area contributed by atoms with Crippen LogP contribution in [0.25, 0.3) is 6.08 Å². The minimum absolute atomic E-state index is 0.0349. The van der Waals surface area contributed by atoms with E-state index in [0.717, 1.165) is 4.90 Å². The lowest BCUT2D eigenvalue weighted by molar-refractivity contribution is -0.116. The molecular weight excluding hydrogens is 798 g/mol. The van der Waals surface area contributed by atoms with Gasteiger partial charge in [0.25, 0.3) is 23.6 Å². The number of halogens is 1. The zero-order valence-corrected chi connectivity index (χ0v) is 32.5. The number of ketones is 3. The van der Waals surface area contributed by atoms with Gasteiger partial charge in [-0.05, 0) is 78.4 Å². The van der Waals surface area contributed by atoms with Crippen LogP contribution in [0.15, 0.2) is 138 Å². The molecule has 4 amide bonds. The van der Waals surface area contributed by atoms with Crippen LogP contribution in [0.3, 0.4) is 0 Å². The fraction of sp³-hybridized carbons (Fsp3) is 0.0213. The van der Waals surface area contributed by atoms with Crippen molar-refractivity contribution in [2.75, 3.05) is 28.1 Å². The first-order valence-electron chi connectivity index (χ1n) is 18.6. The Morgan fingerprint density at radius 3 is 1.97 bits per heavy atom. The smallest absolute Gasteiger partial charge is 0.266 e. The van der Waals surface area contributed by atoms with Gasteiger partial charge in [-0.25, -0.2) is 4.90 Å². The van der Waals surface area contributed by atoms with Crippen molar-refractivity contribution >= 4 is 87.1 Å². The molecule has 1 heterocycles.